The van der Waals surface area contributed by atoms with E-state index in [1.165, 1.54) is 0 Å². The van der Waals surface area contributed by atoms with E-state index in [1.54, 1.807) is 0 Å². The molecule has 8 nitrogen and oxygen atoms in total. The second-order valence-electron chi connectivity index (χ2n) is 8.00. The third-order valence-corrected chi connectivity index (χ3v) is 5.79. The van der Waals surface area contributed by atoms with Crippen LogP contribution in [0.25, 0.3) is 5.65 Å². The number of alkyl halides is 3. The number of pyridine rings is 1. The third-order valence-electron chi connectivity index (χ3n) is 5.79. The molecule has 2 fully saturated rings. The largest absolute Gasteiger partial charge is 0.471 e. The van der Waals surface area contributed by atoms with Gasteiger partial charge in [0.05, 0.1) is 0 Å². The Labute approximate surface area is 176 Å². The van der Waals surface area contributed by atoms with Gasteiger partial charge in [0, 0.05) is 37.4 Å². The summed E-state index contributed by atoms with van der Waals surface area (Å²) in [6.07, 6.45) is 1.43. The minimum absolute atomic E-state index is 0.0183. The second kappa shape index (κ2) is 7.95. The first-order valence-electron chi connectivity index (χ1n) is 10.3. The van der Waals surface area contributed by atoms with E-state index in [0.29, 0.717) is 13.1 Å². The number of fused-ring (bicyclic) bond motifs is 1. The summed E-state index contributed by atoms with van der Waals surface area (Å²) < 4.78 is 47.5. The Hall–Kier alpha value is -2.95. The van der Waals surface area contributed by atoms with E-state index in [2.05, 4.69) is 30.8 Å². The molecule has 3 aromatic heterocycles. The SMILES string of the molecule is FC(F)(F)c1cnc(N[C@@H]2CCC[C@H](c3nnc4ccccn34)C2)nc1OC1CNC1. The van der Waals surface area contributed by atoms with Crippen LogP contribution in [0, 0.1) is 0 Å². The molecule has 2 N–H and O–H groups in total. The van der Waals surface area contributed by atoms with Crippen LogP contribution in [0.1, 0.15) is 43.0 Å². The lowest BCUT2D eigenvalue weighted by atomic mass is 9.85. The smallest absolute Gasteiger partial charge is 0.423 e. The van der Waals surface area contributed by atoms with Crippen LogP contribution in [0.2, 0.25) is 0 Å². The molecule has 0 radical (unpaired) electrons. The normalized spacial score (nSPS) is 22.3. The van der Waals surface area contributed by atoms with Gasteiger partial charge in [-0.25, -0.2) is 4.98 Å². The maximum atomic E-state index is 13.3. The van der Waals surface area contributed by atoms with E-state index in [9.17, 15) is 13.2 Å². The van der Waals surface area contributed by atoms with Gasteiger partial charge in [-0.15, -0.1) is 10.2 Å². The molecule has 3 aromatic rings. The number of hydrogen-bond donors (Lipinski definition) is 2. The first kappa shape index (κ1) is 20.0. The molecule has 1 aliphatic heterocycles. The summed E-state index contributed by atoms with van der Waals surface area (Å²) in [6, 6.07) is 5.78. The molecular formula is C20H22F3N7O. The van der Waals surface area contributed by atoms with Crippen LogP contribution in [-0.4, -0.2) is 49.8 Å². The molecule has 0 amide bonds. The predicted octanol–water partition coefficient (Wildman–Crippen LogP) is 3.03. The summed E-state index contributed by atoms with van der Waals surface area (Å²) >= 11 is 0. The molecule has 1 saturated carbocycles. The fraction of sp³-hybridized carbons (Fsp3) is 0.500. The molecule has 4 heterocycles. The van der Waals surface area contributed by atoms with Gasteiger partial charge in [-0.3, -0.25) is 4.40 Å². The summed E-state index contributed by atoms with van der Waals surface area (Å²) in [5, 5.41) is 14.8. The lowest BCUT2D eigenvalue weighted by Crippen LogP contribution is -2.50. The number of ether oxygens (including phenoxy) is 1. The monoisotopic (exact) mass is 433 g/mol. The molecule has 0 unspecified atom stereocenters. The predicted molar refractivity (Wildman–Crippen MR) is 106 cm³/mol. The van der Waals surface area contributed by atoms with Gasteiger partial charge in [0.25, 0.3) is 0 Å². The van der Waals surface area contributed by atoms with Crippen molar-refractivity contribution in [3.8, 4) is 5.88 Å². The first-order chi connectivity index (χ1) is 15.0. The van der Waals surface area contributed by atoms with Crippen LogP contribution in [0.3, 0.4) is 0 Å². The Bertz CT molecular complexity index is 1070. The van der Waals surface area contributed by atoms with E-state index in [0.717, 1.165) is 43.4 Å². The Morgan fingerprint density at radius 1 is 1.16 bits per heavy atom. The fourth-order valence-corrected chi connectivity index (χ4v) is 4.10. The topological polar surface area (TPSA) is 89.3 Å². The second-order valence-corrected chi connectivity index (χ2v) is 8.00. The van der Waals surface area contributed by atoms with Gasteiger partial charge in [-0.05, 0) is 31.4 Å². The van der Waals surface area contributed by atoms with Crippen molar-refractivity contribution in [3.05, 3.63) is 42.0 Å². The van der Waals surface area contributed by atoms with Crippen molar-refractivity contribution in [1.82, 2.24) is 29.9 Å². The lowest BCUT2D eigenvalue weighted by Gasteiger charge is -2.30. The number of rotatable bonds is 5. The van der Waals surface area contributed by atoms with Gasteiger partial charge >= 0.3 is 6.18 Å². The quantitative estimate of drug-likeness (QED) is 0.639. The molecule has 0 bridgehead atoms. The molecule has 1 saturated heterocycles. The highest BCUT2D eigenvalue weighted by Crippen LogP contribution is 2.37. The summed E-state index contributed by atoms with van der Waals surface area (Å²) in [5.74, 6) is 0.811. The van der Waals surface area contributed by atoms with Crippen LogP contribution < -0.4 is 15.4 Å². The molecule has 1 aliphatic carbocycles. The number of anilines is 1. The minimum atomic E-state index is -4.57. The average Bonchev–Trinajstić information content (AvgIpc) is 3.14. The van der Waals surface area contributed by atoms with Crippen molar-refractivity contribution >= 4 is 11.6 Å². The number of aromatic nitrogens is 5. The van der Waals surface area contributed by atoms with E-state index < -0.39 is 17.6 Å². The van der Waals surface area contributed by atoms with Gasteiger partial charge < -0.3 is 15.4 Å². The molecule has 5 rings (SSSR count). The summed E-state index contributed by atoms with van der Waals surface area (Å²) in [6.45, 7) is 1.00. The van der Waals surface area contributed by atoms with E-state index >= 15 is 0 Å². The Morgan fingerprint density at radius 2 is 2.03 bits per heavy atom. The van der Waals surface area contributed by atoms with Crippen molar-refractivity contribution < 1.29 is 17.9 Å². The van der Waals surface area contributed by atoms with Crippen LogP contribution in [-0.2, 0) is 6.18 Å². The van der Waals surface area contributed by atoms with Gasteiger partial charge in [0.1, 0.15) is 17.5 Å². The van der Waals surface area contributed by atoms with Crippen molar-refractivity contribution in [3.63, 3.8) is 0 Å². The Morgan fingerprint density at radius 3 is 2.81 bits per heavy atom. The number of nitrogens with one attached hydrogen (secondary N) is 2. The van der Waals surface area contributed by atoms with E-state index in [1.807, 2.05) is 28.8 Å². The number of nitrogens with zero attached hydrogens (tertiary/aromatic N) is 5. The van der Waals surface area contributed by atoms with E-state index in [4.69, 9.17) is 4.74 Å². The zero-order valence-electron chi connectivity index (χ0n) is 16.6. The maximum Gasteiger partial charge on any atom is 0.423 e. The van der Waals surface area contributed by atoms with Gasteiger partial charge in [0.15, 0.2) is 5.65 Å². The van der Waals surface area contributed by atoms with Gasteiger partial charge in [-0.2, -0.15) is 18.2 Å². The molecule has 31 heavy (non-hydrogen) atoms. The summed E-state index contributed by atoms with van der Waals surface area (Å²) in [7, 11) is 0. The molecule has 11 heteroatoms. The third kappa shape index (κ3) is 4.14. The molecule has 2 atom stereocenters. The summed E-state index contributed by atoms with van der Waals surface area (Å²) in [5.41, 5.74) is -0.160. The standard InChI is InChI=1S/C20H22F3N7O/c21-20(22,23)15-11-25-19(27-18(15)31-14-9-24-10-14)26-13-5-3-4-12(8-13)17-29-28-16-6-1-2-7-30(16)17/h1-2,6-7,11-14,24H,3-5,8-10H2,(H,25,26,27)/t12-,13+/m0/s1. The van der Waals surface area contributed by atoms with Crippen molar-refractivity contribution in [2.45, 2.75) is 49.9 Å². The highest BCUT2D eigenvalue weighted by atomic mass is 19.4. The molecular weight excluding hydrogens is 411 g/mol. The summed E-state index contributed by atoms with van der Waals surface area (Å²) in [4.78, 5) is 7.99. The van der Waals surface area contributed by atoms with Crippen molar-refractivity contribution in [2.24, 2.45) is 0 Å². The van der Waals surface area contributed by atoms with Crippen molar-refractivity contribution in [2.75, 3.05) is 18.4 Å². The van der Waals surface area contributed by atoms with Crippen LogP contribution in [0.5, 0.6) is 5.88 Å². The maximum absolute atomic E-state index is 13.3. The van der Waals surface area contributed by atoms with Crippen LogP contribution in [0.4, 0.5) is 19.1 Å². The van der Waals surface area contributed by atoms with E-state index in [-0.39, 0.29) is 24.0 Å². The van der Waals surface area contributed by atoms with Gasteiger partial charge in [-0.1, -0.05) is 12.5 Å². The Balaban J connectivity index is 1.33. The molecule has 0 spiro atoms. The zero-order valence-corrected chi connectivity index (χ0v) is 16.6. The van der Waals surface area contributed by atoms with Crippen molar-refractivity contribution in [1.29, 1.82) is 0 Å². The zero-order chi connectivity index (χ0) is 21.4. The lowest BCUT2D eigenvalue weighted by molar-refractivity contribution is -0.140. The van der Waals surface area contributed by atoms with Gasteiger partial charge in [0.2, 0.25) is 11.8 Å². The first-order valence-corrected chi connectivity index (χ1v) is 10.3. The van der Waals surface area contributed by atoms with Crippen LogP contribution in [0.15, 0.2) is 30.6 Å². The Kier molecular flexibility index (Phi) is 5.12. The average molecular weight is 433 g/mol. The molecule has 2 aliphatic rings. The molecule has 164 valence electrons. The number of hydrogen-bond acceptors (Lipinski definition) is 7. The highest BCUT2D eigenvalue weighted by molar-refractivity contribution is 5.38. The fourth-order valence-electron chi connectivity index (χ4n) is 4.10. The minimum Gasteiger partial charge on any atom is -0.471 e. The number of halogens is 3. The highest BCUT2D eigenvalue weighted by Gasteiger charge is 2.38. The van der Waals surface area contributed by atoms with Crippen LogP contribution >= 0.6 is 0 Å². The molecule has 0 aromatic carbocycles.